The maximum Gasteiger partial charge on any atom is 0.329 e. The Bertz CT molecular complexity index is 793. The smallest absolute Gasteiger partial charge is 0.329 e. The van der Waals surface area contributed by atoms with Gasteiger partial charge in [0, 0.05) is 31.8 Å². The lowest BCUT2D eigenvalue weighted by Gasteiger charge is -2.21. The molecule has 1 aromatic heterocycles. The minimum atomic E-state index is -1.34. The number of hydrogen-bond donors (Lipinski definition) is 0. The highest BCUT2D eigenvalue weighted by Gasteiger charge is 2.26. The largest absolute Gasteiger partial charge is 0.495 e. The van der Waals surface area contributed by atoms with Crippen molar-refractivity contribution in [3.8, 4) is 11.8 Å². The average Bonchev–Trinajstić information content (AvgIpc) is 2.74. The molecule has 4 atom stereocenters. The molecule has 1 heterocycles. The first-order valence-electron chi connectivity index (χ1n) is 10.4. The third kappa shape index (κ3) is 8.50. The monoisotopic (exact) mass is 458 g/mol. The van der Waals surface area contributed by atoms with Gasteiger partial charge in [0.25, 0.3) is 5.56 Å². The van der Waals surface area contributed by atoms with Crippen molar-refractivity contribution >= 4 is 17.6 Å². The molecule has 0 saturated carbocycles. The Morgan fingerprint density at radius 2 is 2.06 bits per heavy atom. The van der Waals surface area contributed by atoms with Gasteiger partial charge in [-0.05, 0) is 26.2 Å². The Balaban J connectivity index is 3.18. The zero-order valence-electron chi connectivity index (χ0n) is 18.6. The van der Waals surface area contributed by atoms with Crippen molar-refractivity contribution in [3.63, 3.8) is 0 Å². The predicted octanol–water partition coefficient (Wildman–Crippen LogP) is 3.82. The molecular weight excluding hydrogens is 427 g/mol. The summed E-state index contributed by atoms with van der Waals surface area (Å²) in [5, 5.41) is 8.69. The summed E-state index contributed by atoms with van der Waals surface area (Å²) in [6, 6.07) is 2.52. The molecule has 7 nitrogen and oxygen atoms in total. The lowest BCUT2D eigenvalue weighted by Crippen LogP contribution is -2.32. The number of halogens is 2. The molecular formula is C22H32ClFN2O5. The van der Waals surface area contributed by atoms with Crippen molar-refractivity contribution in [2.75, 3.05) is 27.4 Å². The zero-order chi connectivity index (χ0) is 23.4. The van der Waals surface area contributed by atoms with Crippen LogP contribution in [-0.2, 0) is 20.7 Å². The predicted molar refractivity (Wildman–Crippen MR) is 116 cm³/mol. The van der Waals surface area contributed by atoms with Crippen molar-refractivity contribution in [1.29, 1.82) is 5.26 Å². The van der Waals surface area contributed by atoms with Gasteiger partial charge in [0.05, 0.1) is 37.3 Å². The van der Waals surface area contributed by atoms with Crippen LogP contribution in [0.4, 0.5) is 4.39 Å². The standard InChI is InChI=1S/C22H32ClFN2O5/c1-5-6-8-31-22(28)19(7-9-29-3)26-14-20(30-4)17(12-21(26)27)10-16(13-25)11-18(24)15(2)23/h12,14-16,18-19H,5-11H2,1-4H3. The van der Waals surface area contributed by atoms with Gasteiger partial charge < -0.3 is 14.2 Å². The van der Waals surface area contributed by atoms with E-state index in [4.69, 9.17) is 25.8 Å². The number of carbonyl (C=O) groups is 1. The summed E-state index contributed by atoms with van der Waals surface area (Å²) in [4.78, 5) is 25.4. The van der Waals surface area contributed by atoms with E-state index in [2.05, 4.69) is 6.07 Å². The number of hydrogen-bond acceptors (Lipinski definition) is 6. The Morgan fingerprint density at radius 1 is 1.35 bits per heavy atom. The molecule has 0 aromatic carbocycles. The summed E-state index contributed by atoms with van der Waals surface area (Å²) in [6.07, 6.45) is 2.03. The van der Waals surface area contributed by atoms with Crippen LogP contribution < -0.4 is 10.3 Å². The van der Waals surface area contributed by atoms with Gasteiger partial charge in [0.1, 0.15) is 18.0 Å². The third-order valence-electron chi connectivity index (χ3n) is 4.95. The topological polar surface area (TPSA) is 90.5 Å². The Kier molecular flexibility index (Phi) is 12.2. The molecule has 0 N–H and O–H groups in total. The molecule has 0 aliphatic rings. The van der Waals surface area contributed by atoms with Crippen molar-refractivity contribution in [2.45, 2.75) is 63.5 Å². The van der Waals surface area contributed by atoms with Crippen molar-refractivity contribution in [2.24, 2.45) is 5.92 Å². The maximum absolute atomic E-state index is 14.0. The summed E-state index contributed by atoms with van der Waals surface area (Å²) in [7, 11) is 2.94. The molecule has 9 heteroatoms. The normalized spacial score (nSPS) is 14.9. The first-order chi connectivity index (χ1) is 14.8. The van der Waals surface area contributed by atoms with Crippen LogP contribution in [-0.4, -0.2) is 49.5 Å². The van der Waals surface area contributed by atoms with E-state index in [-0.39, 0.29) is 32.5 Å². The number of aromatic nitrogens is 1. The second-order valence-electron chi connectivity index (χ2n) is 7.39. The molecule has 0 amide bonds. The van der Waals surface area contributed by atoms with Crippen LogP contribution in [0.5, 0.6) is 5.75 Å². The highest BCUT2D eigenvalue weighted by molar-refractivity contribution is 6.20. The number of methoxy groups -OCH3 is 2. The Hall–Kier alpha value is -2.11. The molecule has 174 valence electrons. The van der Waals surface area contributed by atoms with E-state index in [0.29, 0.717) is 11.3 Å². The fourth-order valence-electron chi connectivity index (χ4n) is 3.07. The Morgan fingerprint density at radius 3 is 2.61 bits per heavy atom. The summed E-state index contributed by atoms with van der Waals surface area (Å²) < 4.78 is 31.0. The molecule has 0 radical (unpaired) electrons. The Labute approximate surface area is 188 Å². The number of rotatable bonds is 14. The van der Waals surface area contributed by atoms with Crippen molar-refractivity contribution < 1.29 is 23.4 Å². The van der Waals surface area contributed by atoms with E-state index < -0.39 is 35.0 Å². The first-order valence-corrected chi connectivity index (χ1v) is 10.8. The van der Waals surface area contributed by atoms with Gasteiger partial charge in [-0.2, -0.15) is 5.26 Å². The van der Waals surface area contributed by atoms with Crippen LogP contribution in [0.1, 0.15) is 51.1 Å². The lowest BCUT2D eigenvalue weighted by atomic mass is 9.94. The third-order valence-corrected chi connectivity index (χ3v) is 5.22. The minimum Gasteiger partial charge on any atom is -0.495 e. The number of esters is 1. The van der Waals surface area contributed by atoms with Crippen LogP contribution in [0.15, 0.2) is 17.1 Å². The fraction of sp³-hybridized carbons (Fsp3) is 0.682. The molecule has 0 spiro atoms. The maximum atomic E-state index is 14.0. The molecule has 0 aliphatic heterocycles. The molecule has 0 saturated heterocycles. The quantitative estimate of drug-likeness (QED) is 0.239. The number of unbranched alkanes of at least 4 members (excludes halogenated alkanes) is 1. The molecule has 1 aromatic rings. The lowest BCUT2D eigenvalue weighted by molar-refractivity contribution is -0.148. The van der Waals surface area contributed by atoms with E-state index in [9.17, 15) is 19.2 Å². The number of nitrogens with zero attached hydrogens (tertiary/aromatic N) is 2. The number of nitriles is 1. The van der Waals surface area contributed by atoms with E-state index in [0.717, 1.165) is 12.8 Å². The van der Waals surface area contributed by atoms with Gasteiger partial charge in [-0.1, -0.05) is 13.3 Å². The van der Waals surface area contributed by atoms with Gasteiger partial charge in [0.2, 0.25) is 0 Å². The zero-order valence-corrected chi connectivity index (χ0v) is 19.4. The van der Waals surface area contributed by atoms with Crippen molar-refractivity contribution in [1.82, 2.24) is 4.57 Å². The summed E-state index contributed by atoms with van der Waals surface area (Å²) >= 11 is 5.77. The molecule has 0 bridgehead atoms. The number of pyridine rings is 1. The van der Waals surface area contributed by atoms with Gasteiger partial charge in [0.15, 0.2) is 0 Å². The minimum absolute atomic E-state index is 0.0480. The van der Waals surface area contributed by atoms with Crippen LogP contribution in [0.3, 0.4) is 0 Å². The average molecular weight is 459 g/mol. The van der Waals surface area contributed by atoms with E-state index >= 15 is 0 Å². The van der Waals surface area contributed by atoms with Crippen LogP contribution in [0, 0.1) is 17.2 Å². The van der Waals surface area contributed by atoms with Gasteiger partial charge in [-0.15, -0.1) is 11.6 Å². The number of alkyl halides is 2. The van der Waals surface area contributed by atoms with Crippen LogP contribution in [0.2, 0.25) is 0 Å². The molecule has 0 fully saturated rings. The van der Waals surface area contributed by atoms with E-state index in [1.807, 2.05) is 6.92 Å². The molecule has 1 rings (SSSR count). The summed E-state index contributed by atoms with van der Waals surface area (Å²) in [5.74, 6) is -0.865. The highest BCUT2D eigenvalue weighted by Crippen LogP contribution is 2.25. The molecule has 31 heavy (non-hydrogen) atoms. The molecule has 0 aliphatic carbocycles. The first kappa shape index (κ1) is 26.9. The number of carbonyl (C=O) groups excluding carboxylic acids is 1. The second kappa shape index (κ2) is 14.0. The van der Waals surface area contributed by atoms with E-state index in [1.165, 1.54) is 38.0 Å². The van der Waals surface area contributed by atoms with Crippen LogP contribution >= 0.6 is 11.6 Å². The summed E-state index contributed by atoms with van der Waals surface area (Å²) in [6.45, 7) is 4.05. The van der Waals surface area contributed by atoms with Crippen molar-refractivity contribution in [3.05, 3.63) is 28.2 Å². The molecule has 4 unspecified atom stereocenters. The summed E-state index contributed by atoms with van der Waals surface area (Å²) in [5.41, 5.74) is 0.0260. The van der Waals surface area contributed by atoms with Gasteiger partial charge in [-0.3, -0.25) is 9.36 Å². The number of ether oxygens (including phenoxy) is 3. The van der Waals surface area contributed by atoms with Crippen LogP contribution in [0.25, 0.3) is 0 Å². The van der Waals surface area contributed by atoms with Gasteiger partial charge in [-0.25, -0.2) is 9.18 Å². The van der Waals surface area contributed by atoms with E-state index in [1.54, 1.807) is 0 Å². The SMILES string of the molecule is CCCCOC(=O)C(CCOC)n1cc(OC)c(CC(C#N)CC(F)C(C)Cl)cc1=O. The van der Waals surface area contributed by atoms with Gasteiger partial charge >= 0.3 is 5.97 Å². The fourth-order valence-corrected chi connectivity index (χ4v) is 3.18. The highest BCUT2D eigenvalue weighted by atomic mass is 35.5. The second-order valence-corrected chi connectivity index (χ2v) is 8.08.